The Kier molecular flexibility index (Phi) is 5.24. The van der Waals surface area contributed by atoms with Gasteiger partial charge >= 0.3 is 5.97 Å². The molecule has 0 unspecified atom stereocenters. The maximum Gasteiger partial charge on any atom is 0.345 e. The summed E-state index contributed by atoms with van der Waals surface area (Å²) in [5.74, 6) is 1.13. The van der Waals surface area contributed by atoms with Crippen LogP contribution in [0.1, 0.15) is 19.3 Å². The predicted octanol–water partition coefficient (Wildman–Crippen LogP) is 1.22. The summed E-state index contributed by atoms with van der Waals surface area (Å²) in [6.45, 7) is 3.60. The molecule has 2 heterocycles. The van der Waals surface area contributed by atoms with Crippen LogP contribution in [0.25, 0.3) is 0 Å². The molecule has 0 radical (unpaired) electrons. The Morgan fingerprint density at radius 2 is 1.95 bits per heavy atom. The van der Waals surface area contributed by atoms with Crippen LogP contribution in [0, 0.1) is 0 Å². The number of carboxylic acid groups (broad SMARTS) is 1. The van der Waals surface area contributed by atoms with Gasteiger partial charge in [0.25, 0.3) is 5.91 Å². The normalized spacial score (nSPS) is 16.2. The lowest BCUT2D eigenvalue weighted by Gasteiger charge is -2.25. The molecule has 1 aromatic rings. The van der Waals surface area contributed by atoms with Crippen molar-refractivity contribution in [1.82, 2.24) is 10.2 Å². The van der Waals surface area contributed by atoms with Crippen LogP contribution < -0.4 is 5.32 Å². The number of carbonyl (C=O) groups excluding carboxylic acids is 1. The van der Waals surface area contributed by atoms with Crippen molar-refractivity contribution in [3.05, 3.63) is 21.9 Å². The van der Waals surface area contributed by atoms with Gasteiger partial charge in [0.05, 0.1) is 4.88 Å². The van der Waals surface area contributed by atoms with E-state index in [1.807, 2.05) is 11.8 Å². The Balaban J connectivity index is 1.75. The molecule has 2 N–H and O–H groups in total. The lowest BCUT2D eigenvalue weighted by molar-refractivity contribution is 0.0702. The summed E-state index contributed by atoms with van der Waals surface area (Å²) < 4.78 is 0. The van der Waals surface area contributed by atoms with Crippen molar-refractivity contribution in [3.8, 4) is 0 Å². The molecule has 1 aromatic heterocycles. The van der Waals surface area contributed by atoms with E-state index in [-0.39, 0.29) is 10.8 Å². The third-order valence-electron chi connectivity index (χ3n) is 2.86. The number of nitrogens with one attached hydrogen (secondary N) is 1. The number of carboxylic acids is 1. The Hall–Kier alpha value is -1.05. The number of amides is 1. The van der Waals surface area contributed by atoms with E-state index >= 15 is 0 Å². The second-order valence-corrected chi connectivity index (χ2v) is 6.49. The standard InChI is InChI=1S/C12H16N2O3S2/c15-11(9-1-2-10(19-9)12(16)17)13-3-4-14-5-7-18-8-6-14/h1-2H,3-8H2,(H,13,15)(H,16,17). The minimum absolute atomic E-state index is 0.191. The zero-order valence-electron chi connectivity index (χ0n) is 10.4. The summed E-state index contributed by atoms with van der Waals surface area (Å²) in [4.78, 5) is 25.5. The summed E-state index contributed by atoms with van der Waals surface area (Å²) in [5, 5.41) is 11.6. The van der Waals surface area contributed by atoms with E-state index in [4.69, 9.17) is 5.11 Å². The fourth-order valence-electron chi connectivity index (χ4n) is 1.81. The van der Waals surface area contributed by atoms with Gasteiger partial charge in [-0.15, -0.1) is 11.3 Å². The molecule has 0 bridgehead atoms. The van der Waals surface area contributed by atoms with E-state index < -0.39 is 5.97 Å². The molecule has 104 valence electrons. The summed E-state index contributed by atoms with van der Waals surface area (Å²) in [7, 11) is 0. The molecule has 0 saturated carbocycles. The Labute approximate surface area is 120 Å². The first kappa shape index (κ1) is 14.4. The summed E-state index contributed by atoms with van der Waals surface area (Å²) in [5.41, 5.74) is 0. The fraction of sp³-hybridized carbons (Fsp3) is 0.500. The average molecular weight is 300 g/mol. The highest BCUT2D eigenvalue weighted by atomic mass is 32.2. The zero-order chi connectivity index (χ0) is 13.7. The lowest BCUT2D eigenvalue weighted by atomic mass is 10.4. The Bertz CT molecular complexity index is 456. The van der Waals surface area contributed by atoms with E-state index in [0.29, 0.717) is 11.4 Å². The molecule has 5 nitrogen and oxygen atoms in total. The van der Waals surface area contributed by atoms with Crippen molar-refractivity contribution in [2.75, 3.05) is 37.7 Å². The molecular weight excluding hydrogens is 284 g/mol. The number of carbonyl (C=O) groups is 2. The van der Waals surface area contributed by atoms with Gasteiger partial charge in [-0.05, 0) is 12.1 Å². The van der Waals surface area contributed by atoms with Crippen LogP contribution in [0.5, 0.6) is 0 Å². The molecule has 1 fully saturated rings. The lowest BCUT2D eigenvalue weighted by Crippen LogP contribution is -2.39. The van der Waals surface area contributed by atoms with Crippen molar-refractivity contribution >= 4 is 35.0 Å². The SMILES string of the molecule is O=C(O)c1ccc(C(=O)NCCN2CCSCC2)s1. The first-order chi connectivity index (χ1) is 9.16. The van der Waals surface area contributed by atoms with Gasteiger partial charge in [0, 0.05) is 37.7 Å². The molecule has 0 atom stereocenters. The number of hydrogen-bond acceptors (Lipinski definition) is 5. The molecule has 7 heteroatoms. The largest absolute Gasteiger partial charge is 0.477 e. The number of aromatic carboxylic acids is 1. The minimum Gasteiger partial charge on any atom is -0.477 e. The highest BCUT2D eigenvalue weighted by Crippen LogP contribution is 2.16. The smallest absolute Gasteiger partial charge is 0.345 e. The van der Waals surface area contributed by atoms with Gasteiger partial charge in [0.1, 0.15) is 4.88 Å². The number of nitrogens with zero attached hydrogens (tertiary/aromatic N) is 1. The van der Waals surface area contributed by atoms with Crippen LogP contribution in [0.3, 0.4) is 0 Å². The van der Waals surface area contributed by atoms with Crippen LogP contribution in [0.4, 0.5) is 0 Å². The predicted molar refractivity (Wildman–Crippen MR) is 77.4 cm³/mol. The van der Waals surface area contributed by atoms with E-state index in [2.05, 4.69) is 10.2 Å². The molecule has 1 saturated heterocycles. The Morgan fingerprint density at radius 1 is 1.26 bits per heavy atom. The monoisotopic (exact) mass is 300 g/mol. The van der Waals surface area contributed by atoms with E-state index in [0.717, 1.165) is 42.5 Å². The van der Waals surface area contributed by atoms with E-state index in [9.17, 15) is 9.59 Å². The highest BCUT2D eigenvalue weighted by molar-refractivity contribution is 7.99. The van der Waals surface area contributed by atoms with Crippen LogP contribution in [-0.2, 0) is 0 Å². The van der Waals surface area contributed by atoms with E-state index in [1.165, 1.54) is 6.07 Å². The molecule has 0 aromatic carbocycles. The Morgan fingerprint density at radius 3 is 2.58 bits per heavy atom. The van der Waals surface area contributed by atoms with Crippen molar-refractivity contribution in [3.63, 3.8) is 0 Å². The minimum atomic E-state index is -0.991. The van der Waals surface area contributed by atoms with E-state index in [1.54, 1.807) is 6.07 Å². The average Bonchev–Trinajstić information content (AvgIpc) is 2.89. The molecule has 1 amide bonds. The number of rotatable bonds is 5. The van der Waals surface area contributed by atoms with Crippen molar-refractivity contribution in [2.45, 2.75) is 0 Å². The zero-order valence-corrected chi connectivity index (χ0v) is 12.1. The highest BCUT2D eigenvalue weighted by Gasteiger charge is 2.13. The summed E-state index contributed by atoms with van der Waals surface area (Å²) >= 11 is 2.96. The van der Waals surface area contributed by atoms with Crippen molar-refractivity contribution in [1.29, 1.82) is 0 Å². The fourth-order valence-corrected chi connectivity index (χ4v) is 3.55. The maximum absolute atomic E-state index is 11.8. The maximum atomic E-state index is 11.8. The quantitative estimate of drug-likeness (QED) is 0.856. The third-order valence-corrected chi connectivity index (χ3v) is 4.87. The third kappa shape index (κ3) is 4.22. The van der Waals surface area contributed by atoms with Gasteiger partial charge in [-0.3, -0.25) is 9.69 Å². The number of thiophene rings is 1. The van der Waals surface area contributed by atoms with Crippen molar-refractivity contribution < 1.29 is 14.7 Å². The summed E-state index contributed by atoms with van der Waals surface area (Å²) in [6.07, 6.45) is 0. The van der Waals surface area contributed by atoms with Crippen LogP contribution in [0.2, 0.25) is 0 Å². The molecule has 1 aliphatic heterocycles. The topological polar surface area (TPSA) is 69.6 Å². The first-order valence-corrected chi connectivity index (χ1v) is 8.05. The van der Waals surface area contributed by atoms with Crippen LogP contribution >= 0.6 is 23.1 Å². The molecule has 0 spiro atoms. The van der Waals surface area contributed by atoms with Crippen LogP contribution in [-0.4, -0.2) is 59.6 Å². The van der Waals surface area contributed by atoms with Gasteiger partial charge in [-0.25, -0.2) is 4.79 Å². The van der Waals surface area contributed by atoms with Crippen LogP contribution in [0.15, 0.2) is 12.1 Å². The van der Waals surface area contributed by atoms with Gasteiger partial charge in [0.2, 0.25) is 0 Å². The molecule has 19 heavy (non-hydrogen) atoms. The second kappa shape index (κ2) is 6.93. The number of hydrogen-bond donors (Lipinski definition) is 2. The van der Waals surface area contributed by atoms with Gasteiger partial charge < -0.3 is 10.4 Å². The molecule has 0 aliphatic carbocycles. The molecule has 1 aliphatic rings. The van der Waals surface area contributed by atoms with Gasteiger partial charge in [-0.2, -0.15) is 11.8 Å². The van der Waals surface area contributed by atoms with Gasteiger partial charge in [-0.1, -0.05) is 0 Å². The number of thioether (sulfide) groups is 1. The van der Waals surface area contributed by atoms with Crippen molar-refractivity contribution in [2.24, 2.45) is 0 Å². The first-order valence-electron chi connectivity index (χ1n) is 6.08. The molecule has 2 rings (SSSR count). The van der Waals surface area contributed by atoms with Gasteiger partial charge in [0.15, 0.2) is 0 Å². The summed E-state index contributed by atoms with van der Waals surface area (Å²) in [6, 6.07) is 3.02. The second-order valence-electron chi connectivity index (χ2n) is 4.18. The molecular formula is C12H16N2O3S2.